The van der Waals surface area contributed by atoms with Gasteiger partial charge in [-0.25, -0.2) is 0 Å². The zero-order chi connectivity index (χ0) is 16.2. The Bertz CT molecular complexity index is 682. The fourth-order valence-corrected chi connectivity index (χ4v) is 3.85. The average molecular weight is 310 g/mol. The summed E-state index contributed by atoms with van der Waals surface area (Å²) in [5.74, 6) is 2.78. The number of aromatic nitrogens is 1. The first-order valence-corrected chi connectivity index (χ1v) is 8.48. The molecule has 3 heteroatoms. The van der Waals surface area contributed by atoms with E-state index in [1.165, 1.54) is 17.4 Å². The van der Waals surface area contributed by atoms with E-state index in [4.69, 9.17) is 4.74 Å². The molecule has 0 saturated carbocycles. The molecule has 3 atom stereocenters. The van der Waals surface area contributed by atoms with Gasteiger partial charge in [0.1, 0.15) is 5.75 Å². The summed E-state index contributed by atoms with van der Waals surface area (Å²) in [5, 5.41) is 4.69. The van der Waals surface area contributed by atoms with E-state index in [1.807, 2.05) is 18.3 Å². The highest BCUT2D eigenvalue weighted by atomic mass is 16.5. The zero-order valence-corrected chi connectivity index (χ0v) is 14.1. The molecule has 23 heavy (non-hydrogen) atoms. The van der Waals surface area contributed by atoms with Crippen LogP contribution in [0, 0.1) is 17.8 Å². The van der Waals surface area contributed by atoms with Crippen LogP contribution in [0.25, 0.3) is 10.9 Å². The van der Waals surface area contributed by atoms with Crippen LogP contribution in [0.2, 0.25) is 0 Å². The standard InChI is InChI=1S/C20H26N2O/c1-4-15-13-21-9-8-18(15)14(2)11-16-7-10-22-20-6-5-17(23-3)12-19(16)20/h4-7,10,12,14-15,18,21H,1,8-9,11,13H2,2-3H3. The van der Waals surface area contributed by atoms with Crippen molar-refractivity contribution >= 4 is 10.9 Å². The van der Waals surface area contributed by atoms with Crippen molar-refractivity contribution in [2.45, 2.75) is 19.8 Å². The summed E-state index contributed by atoms with van der Waals surface area (Å²) in [6.07, 6.45) is 6.34. The normalized spacial score (nSPS) is 22.7. The summed E-state index contributed by atoms with van der Waals surface area (Å²) >= 11 is 0. The van der Waals surface area contributed by atoms with Gasteiger partial charge in [0, 0.05) is 18.1 Å². The first kappa shape index (κ1) is 16.0. The number of rotatable bonds is 5. The number of hydrogen-bond donors (Lipinski definition) is 1. The molecule has 0 amide bonds. The number of nitrogens with one attached hydrogen (secondary N) is 1. The summed E-state index contributed by atoms with van der Waals surface area (Å²) in [4.78, 5) is 4.49. The average Bonchev–Trinajstić information content (AvgIpc) is 2.61. The fraction of sp³-hybridized carbons (Fsp3) is 0.450. The van der Waals surface area contributed by atoms with Crippen molar-refractivity contribution in [3.8, 4) is 5.75 Å². The molecular weight excluding hydrogens is 284 g/mol. The van der Waals surface area contributed by atoms with E-state index in [0.29, 0.717) is 17.8 Å². The highest BCUT2D eigenvalue weighted by Crippen LogP contribution is 2.32. The van der Waals surface area contributed by atoms with E-state index < -0.39 is 0 Å². The molecule has 3 nitrogen and oxygen atoms in total. The predicted octanol–water partition coefficient (Wildman–Crippen LogP) is 3.83. The molecule has 2 heterocycles. The molecule has 1 fully saturated rings. The van der Waals surface area contributed by atoms with Crippen LogP contribution in [-0.4, -0.2) is 25.2 Å². The Labute approximate surface area is 138 Å². The molecule has 122 valence electrons. The molecule has 2 aromatic rings. The number of benzene rings is 1. The first-order chi connectivity index (χ1) is 11.2. The van der Waals surface area contributed by atoms with Gasteiger partial charge < -0.3 is 10.1 Å². The molecule has 3 unspecified atom stereocenters. The Hall–Kier alpha value is -1.87. The molecule has 1 aromatic heterocycles. The number of hydrogen-bond acceptors (Lipinski definition) is 3. The van der Waals surface area contributed by atoms with Gasteiger partial charge in [0.05, 0.1) is 12.6 Å². The molecule has 1 aliphatic rings. The lowest BCUT2D eigenvalue weighted by Crippen LogP contribution is -2.38. The second kappa shape index (κ2) is 7.14. The van der Waals surface area contributed by atoms with Gasteiger partial charge in [0.2, 0.25) is 0 Å². The number of piperidine rings is 1. The number of nitrogens with zero attached hydrogens (tertiary/aromatic N) is 1. The van der Waals surface area contributed by atoms with E-state index in [-0.39, 0.29) is 0 Å². The van der Waals surface area contributed by atoms with Crippen LogP contribution in [0.15, 0.2) is 43.1 Å². The lowest BCUT2D eigenvalue weighted by atomic mass is 9.75. The molecular formula is C20H26N2O. The molecule has 1 aromatic carbocycles. The van der Waals surface area contributed by atoms with E-state index >= 15 is 0 Å². The van der Waals surface area contributed by atoms with Gasteiger partial charge in [0.25, 0.3) is 0 Å². The van der Waals surface area contributed by atoms with Crippen molar-refractivity contribution in [2.24, 2.45) is 17.8 Å². The van der Waals surface area contributed by atoms with Crippen molar-refractivity contribution in [3.05, 3.63) is 48.7 Å². The maximum absolute atomic E-state index is 5.38. The SMILES string of the molecule is C=CC1CNCCC1C(C)Cc1ccnc2ccc(OC)cc12. The smallest absolute Gasteiger partial charge is 0.119 e. The lowest BCUT2D eigenvalue weighted by molar-refractivity contribution is 0.219. The van der Waals surface area contributed by atoms with Gasteiger partial charge in [-0.05, 0) is 67.0 Å². The number of pyridine rings is 1. The Morgan fingerprint density at radius 2 is 2.30 bits per heavy atom. The van der Waals surface area contributed by atoms with Crippen LogP contribution in [0.4, 0.5) is 0 Å². The largest absolute Gasteiger partial charge is 0.497 e. The third-order valence-corrected chi connectivity index (χ3v) is 5.20. The van der Waals surface area contributed by atoms with Gasteiger partial charge in [-0.2, -0.15) is 0 Å². The van der Waals surface area contributed by atoms with Crippen molar-refractivity contribution in [1.29, 1.82) is 0 Å². The minimum atomic E-state index is 0.571. The monoisotopic (exact) mass is 310 g/mol. The molecule has 0 aliphatic carbocycles. The third kappa shape index (κ3) is 3.40. The number of fused-ring (bicyclic) bond motifs is 1. The summed E-state index contributed by atoms with van der Waals surface area (Å²) < 4.78 is 5.38. The van der Waals surface area contributed by atoms with Crippen molar-refractivity contribution < 1.29 is 4.74 Å². The molecule has 0 radical (unpaired) electrons. The van der Waals surface area contributed by atoms with E-state index in [1.54, 1.807) is 7.11 Å². The molecule has 0 spiro atoms. The number of methoxy groups -OCH3 is 1. The van der Waals surface area contributed by atoms with Gasteiger partial charge in [-0.1, -0.05) is 13.0 Å². The second-order valence-corrected chi connectivity index (χ2v) is 6.59. The van der Waals surface area contributed by atoms with Crippen molar-refractivity contribution in [2.75, 3.05) is 20.2 Å². The van der Waals surface area contributed by atoms with Gasteiger partial charge in [-0.15, -0.1) is 6.58 Å². The molecule has 0 bridgehead atoms. The summed E-state index contributed by atoms with van der Waals surface area (Å²) in [7, 11) is 1.71. The summed E-state index contributed by atoms with van der Waals surface area (Å²) in [6, 6.07) is 8.28. The molecule has 1 N–H and O–H groups in total. The van der Waals surface area contributed by atoms with Gasteiger partial charge in [-0.3, -0.25) is 4.98 Å². The van der Waals surface area contributed by atoms with Crippen LogP contribution in [0.3, 0.4) is 0 Å². The number of ether oxygens (including phenoxy) is 1. The Morgan fingerprint density at radius 3 is 3.09 bits per heavy atom. The quantitative estimate of drug-likeness (QED) is 0.852. The topological polar surface area (TPSA) is 34.2 Å². The lowest BCUT2D eigenvalue weighted by Gasteiger charge is -2.34. The predicted molar refractivity (Wildman–Crippen MR) is 95.8 cm³/mol. The highest BCUT2D eigenvalue weighted by molar-refractivity contribution is 5.83. The second-order valence-electron chi connectivity index (χ2n) is 6.59. The third-order valence-electron chi connectivity index (χ3n) is 5.20. The Morgan fingerprint density at radius 1 is 1.43 bits per heavy atom. The van der Waals surface area contributed by atoms with Crippen LogP contribution in [0.5, 0.6) is 5.75 Å². The molecule has 1 aliphatic heterocycles. The van der Waals surface area contributed by atoms with Crippen LogP contribution >= 0.6 is 0 Å². The van der Waals surface area contributed by atoms with Crippen LogP contribution < -0.4 is 10.1 Å². The first-order valence-electron chi connectivity index (χ1n) is 8.48. The van der Waals surface area contributed by atoms with Crippen LogP contribution in [0.1, 0.15) is 18.9 Å². The van der Waals surface area contributed by atoms with Crippen molar-refractivity contribution in [3.63, 3.8) is 0 Å². The fourth-order valence-electron chi connectivity index (χ4n) is 3.85. The highest BCUT2D eigenvalue weighted by Gasteiger charge is 2.27. The maximum atomic E-state index is 5.38. The van der Waals surface area contributed by atoms with E-state index in [2.05, 4.69) is 42.0 Å². The Balaban J connectivity index is 1.86. The zero-order valence-electron chi connectivity index (χ0n) is 14.1. The van der Waals surface area contributed by atoms with Crippen LogP contribution in [-0.2, 0) is 6.42 Å². The summed E-state index contributed by atoms with van der Waals surface area (Å²) in [6.45, 7) is 8.58. The van der Waals surface area contributed by atoms with Crippen molar-refractivity contribution in [1.82, 2.24) is 10.3 Å². The van der Waals surface area contributed by atoms with Gasteiger partial charge in [0.15, 0.2) is 0 Å². The summed E-state index contributed by atoms with van der Waals surface area (Å²) in [5.41, 5.74) is 2.41. The van der Waals surface area contributed by atoms with Gasteiger partial charge >= 0.3 is 0 Å². The Kier molecular flexibility index (Phi) is 4.97. The molecule has 3 rings (SSSR count). The van der Waals surface area contributed by atoms with E-state index in [9.17, 15) is 0 Å². The maximum Gasteiger partial charge on any atom is 0.119 e. The minimum absolute atomic E-state index is 0.571. The van der Waals surface area contributed by atoms with E-state index in [0.717, 1.165) is 30.8 Å². The minimum Gasteiger partial charge on any atom is -0.497 e. The molecule has 1 saturated heterocycles.